The second-order valence-corrected chi connectivity index (χ2v) is 34.2. The molecule has 0 aromatic heterocycles. The van der Waals surface area contributed by atoms with E-state index >= 15 is 0 Å². The molecule has 31 heteroatoms. The molecule has 0 aromatic rings. The fourth-order valence-electron chi connectivity index (χ4n) is 15.3. The van der Waals surface area contributed by atoms with Gasteiger partial charge in [-0.05, 0) is 19.3 Å². The summed E-state index contributed by atoms with van der Waals surface area (Å²) in [5.74, 6) is -2.27. The number of aliphatic hydroxyl groups is 16. The van der Waals surface area contributed by atoms with Gasteiger partial charge in [0.2, 0.25) is 0 Å². The van der Waals surface area contributed by atoms with E-state index in [0.717, 1.165) is 77.0 Å². The van der Waals surface area contributed by atoms with Crippen molar-refractivity contribution in [1.29, 1.82) is 0 Å². The molecule has 0 bridgehead atoms. The Morgan fingerprint density at radius 1 is 0.295 bits per heavy atom. The van der Waals surface area contributed by atoms with Crippen molar-refractivity contribution in [1.82, 2.24) is 10.6 Å². The summed E-state index contributed by atoms with van der Waals surface area (Å²) in [6.07, 6.45) is 21.5. The maximum absolute atomic E-state index is 13.5. The number of ether oxygens (including phenoxy) is 11. The highest BCUT2D eigenvalue weighted by Gasteiger charge is 2.49. The molecule has 31 nitrogen and oxygen atoms in total. The van der Waals surface area contributed by atoms with Gasteiger partial charge < -0.3 is 144 Å². The molecule has 0 aromatic carbocycles. The molecule has 0 radical (unpaired) electrons. The minimum atomic E-state index is -2.30. The van der Waals surface area contributed by atoms with Crippen molar-refractivity contribution in [3.63, 3.8) is 0 Å². The Balaban J connectivity index is 2.30. The summed E-state index contributed by atoms with van der Waals surface area (Å²) in [5, 5.41) is 172. The van der Waals surface area contributed by atoms with Crippen LogP contribution >= 0.6 is 0 Å². The molecule has 0 aliphatic carbocycles. The molecule has 2 fully saturated rings. The maximum atomic E-state index is 13.5. The van der Waals surface area contributed by atoms with Gasteiger partial charge >= 0.3 is 0 Å². The third-order valence-electron chi connectivity index (χ3n) is 23.2. The van der Waals surface area contributed by atoms with Crippen molar-refractivity contribution in [2.45, 2.75) is 458 Å². The van der Waals surface area contributed by atoms with E-state index < -0.39 is 167 Å². The number of unbranched alkanes of at least 4 members (excludes halogenated alkanes) is 45. The Labute approximate surface area is 732 Å². The van der Waals surface area contributed by atoms with E-state index in [1.807, 2.05) is 0 Å². The molecule has 726 valence electrons. The third-order valence-corrected chi connectivity index (χ3v) is 23.2. The number of amides is 2. The van der Waals surface area contributed by atoms with Gasteiger partial charge in [-0.2, -0.15) is 0 Å². The van der Waals surface area contributed by atoms with Crippen LogP contribution in [0.3, 0.4) is 0 Å². The van der Waals surface area contributed by atoms with Gasteiger partial charge in [-0.15, -0.1) is 0 Å². The fraction of sp³-hybridized carbons (Fsp3) is 0.978. The number of carbonyl (C=O) groups is 2. The molecule has 2 rings (SSSR count). The predicted octanol–water partition coefficient (Wildman–Crippen LogP) is 7.75. The zero-order valence-electron chi connectivity index (χ0n) is 75.5. The molecular weight excluding hydrogens is 1580 g/mol. The molecule has 2 saturated heterocycles. The number of carbonyl (C=O) groups excluding carboxylic acids is 2. The average Bonchev–Trinajstić information content (AvgIpc) is 0.809. The van der Waals surface area contributed by atoms with Crippen molar-refractivity contribution >= 4 is 11.8 Å². The van der Waals surface area contributed by atoms with Gasteiger partial charge in [-0.3, -0.25) is 9.59 Å². The molecule has 2 aliphatic rings. The standard InChI is InChI=1S/C91H178N2O29/c1-4-7-10-13-16-19-22-25-28-31-34-37-40-43-46-49-54-112-63-69(116-57-52-92-88(110)82(106)80(104)86(72(98)59-94)121-90-84(108)78(102)76(100)74(61-96)119-90)66-115-67-70(64-113-55-50-47-44-41-38-35-32-29-26-23-20-17-14-11-8-5-2)118-68-71(65-114-56-51-48-45-42-39-36-33-30-27-24-21-18-15-12-9-6-3)117-58-53-93-89(111)83(107)81(105)87(73(99)60-95)122-91-85(109)79(103)77(101)75(62-97)120-91/h69-87,90-91,94-109H,4-68H2,1-3H3,(H,92,110)(H,93,111)/t69?,70?,71?,72-,73-,74-,75-,76+,77+,78+,79+,80-,81-,82-,83-,84-,85-,86-,87-,90+,91+/m1/s1. The first kappa shape index (κ1) is 116. The van der Waals surface area contributed by atoms with Crippen LogP contribution < -0.4 is 10.6 Å². The van der Waals surface area contributed by atoms with Crippen LogP contribution in [0.4, 0.5) is 0 Å². The Hall–Kier alpha value is -2.14. The summed E-state index contributed by atoms with van der Waals surface area (Å²) in [4.78, 5) is 26.9. The molecule has 21 atom stereocenters. The largest absolute Gasteiger partial charge is 0.394 e. The summed E-state index contributed by atoms with van der Waals surface area (Å²) in [7, 11) is 0. The maximum Gasteiger partial charge on any atom is 0.251 e. The average molecular weight is 1760 g/mol. The number of rotatable bonds is 88. The van der Waals surface area contributed by atoms with E-state index in [2.05, 4.69) is 31.4 Å². The Morgan fingerprint density at radius 3 is 0.787 bits per heavy atom. The minimum absolute atomic E-state index is 0.0000736. The second-order valence-electron chi connectivity index (χ2n) is 34.2. The predicted molar refractivity (Wildman–Crippen MR) is 465 cm³/mol. The van der Waals surface area contributed by atoms with Crippen LogP contribution in [0.2, 0.25) is 0 Å². The lowest BCUT2D eigenvalue weighted by Crippen LogP contribution is -2.62. The van der Waals surface area contributed by atoms with Crippen LogP contribution in [0, 0.1) is 0 Å². The lowest BCUT2D eigenvalue weighted by Gasteiger charge is -2.42. The molecule has 0 saturated carbocycles. The van der Waals surface area contributed by atoms with Gasteiger partial charge in [0.05, 0.1) is 79.3 Å². The normalized spacial score (nSPS) is 22.3. The van der Waals surface area contributed by atoms with E-state index in [0.29, 0.717) is 19.8 Å². The summed E-state index contributed by atoms with van der Waals surface area (Å²) < 4.78 is 66.0. The van der Waals surface area contributed by atoms with Gasteiger partial charge in [0, 0.05) is 32.9 Å². The monoisotopic (exact) mass is 1760 g/mol. The van der Waals surface area contributed by atoms with Gasteiger partial charge in [0.1, 0.15) is 104 Å². The Bertz CT molecular complexity index is 2320. The van der Waals surface area contributed by atoms with Gasteiger partial charge in [-0.1, -0.05) is 310 Å². The molecule has 122 heavy (non-hydrogen) atoms. The topological polar surface area (TPSA) is 483 Å². The SMILES string of the molecule is CCCCCCCCCCCCCCCCCCOCC(COCC(COCCCCCCCCCCCCCCCCCC)OCC(COCCCCCCCCCCCCCCCCCC)OCCNC(=O)[C@H](O)[C@@H](O)[C@H](O[C@@H]1O[C@H](CO)[C@H](O)[C@H](O)[C@H]1O)[C@H](O)CO)OCCNC(=O)[C@H](O)[C@@H](O)[C@H](O[C@@H]1O[C@H](CO)[C@H](O)[C@H](O)[C@H]1O)[C@H](O)CO. The lowest BCUT2D eigenvalue weighted by molar-refractivity contribution is -0.326. The van der Waals surface area contributed by atoms with Crippen molar-refractivity contribution in [3.05, 3.63) is 0 Å². The first-order valence-corrected chi connectivity index (χ1v) is 48.2. The van der Waals surface area contributed by atoms with E-state index in [9.17, 15) is 91.3 Å². The van der Waals surface area contributed by atoms with Gasteiger partial charge in [0.15, 0.2) is 24.8 Å². The van der Waals surface area contributed by atoms with Gasteiger partial charge in [-0.25, -0.2) is 0 Å². The van der Waals surface area contributed by atoms with E-state index in [1.165, 1.54) is 231 Å². The highest BCUT2D eigenvalue weighted by Crippen LogP contribution is 2.28. The second kappa shape index (κ2) is 78.7. The quantitative estimate of drug-likeness (QED) is 0.0259. The molecule has 18 N–H and O–H groups in total. The van der Waals surface area contributed by atoms with E-state index in [-0.39, 0.29) is 65.9 Å². The van der Waals surface area contributed by atoms with Crippen LogP contribution in [0.15, 0.2) is 0 Å². The number of aliphatic hydroxyl groups excluding tert-OH is 16. The summed E-state index contributed by atoms with van der Waals surface area (Å²) in [6, 6.07) is 0. The molecule has 3 unspecified atom stereocenters. The fourth-order valence-corrected chi connectivity index (χ4v) is 15.3. The lowest BCUT2D eigenvalue weighted by atomic mass is 9.98. The summed E-state index contributed by atoms with van der Waals surface area (Å²) >= 11 is 0. The number of hydrogen-bond donors (Lipinski definition) is 18. The molecule has 0 spiro atoms. The summed E-state index contributed by atoms with van der Waals surface area (Å²) in [5.41, 5.74) is 0. The van der Waals surface area contributed by atoms with Crippen molar-refractivity contribution in [3.8, 4) is 0 Å². The van der Waals surface area contributed by atoms with Crippen molar-refractivity contribution < 1.29 is 143 Å². The molecule has 2 aliphatic heterocycles. The first-order chi connectivity index (χ1) is 59.3. The Kier molecular flexibility index (Phi) is 74.8. The zero-order chi connectivity index (χ0) is 89.4. The van der Waals surface area contributed by atoms with Crippen molar-refractivity contribution in [2.24, 2.45) is 0 Å². The zero-order valence-corrected chi connectivity index (χ0v) is 75.5. The molecule has 2 heterocycles. The van der Waals surface area contributed by atoms with Gasteiger partial charge in [0.25, 0.3) is 11.8 Å². The summed E-state index contributed by atoms with van der Waals surface area (Å²) in [6.45, 7) is 3.83. The molecular formula is C91H178N2O29. The van der Waals surface area contributed by atoms with E-state index in [4.69, 9.17) is 52.1 Å². The van der Waals surface area contributed by atoms with Crippen LogP contribution in [0.25, 0.3) is 0 Å². The minimum Gasteiger partial charge on any atom is -0.394 e. The van der Waals surface area contributed by atoms with Crippen LogP contribution in [0.5, 0.6) is 0 Å². The van der Waals surface area contributed by atoms with Crippen LogP contribution in [0.1, 0.15) is 329 Å². The smallest absolute Gasteiger partial charge is 0.251 e. The molecule has 2 amide bonds. The first-order valence-electron chi connectivity index (χ1n) is 48.2. The number of hydrogen-bond acceptors (Lipinski definition) is 29. The Morgan fingerprint density at radius 2 is 0.533 bits per heavy atom. The van der Waals surface area contributed by atoms with Crippen LogP contribution in [-0.4, -0.2) is 334 Å². The highest BCUT2D eigenvalue weighted by molar-refractivity contribution is 5.81. The third kappa shape index (κ3) is 55.1. The van der Waals surface area contributed by atoms with Crippen molar-refractivity contribution in [2.75, 3.05) is 112 Å². The highest BCUT2D eigenvalue weighted by atomic mass is 16.7. The number of nitrogens with one attached hydrogen (secondary N) is 2. The van der Waals surface area contributed by atoms with Crippen LogP contribution in [-0.2, 0) is 61.7 Å². The van der Waals surface area contributed by atoms with E-state index in [1.54, 1.807) is 0 Å².